The fourth-order valence-corrected chi connectivity index (χ4v) is 10.0. The van der Waals surface area contributed by atoms with Crippen LogP contribution in [0.25, 0.3) is 0 Å². The third-order valence-electron chi connectivity index (χ3n) is 14.4. The summed E-state index contributed by atoms with van der Waals surface area (Å²) in [6, 6.07) is 0. The highest BCUT2D eigenvalue weighted by atomic mass is 31.2. The van der Waals surface area contributed by atoms with Gasteiger partial charge in [0, 0.05) is 12.8 Å². The van der Waals surface area contributed by atoms with Crippen molar-refractivity contribution in [3.63, 3.8) is 0 Å². The van der Waals surface area contributed by atoms with Crippen LogP contribution in [0.3, 0.4) is 0 Å². The van der Waals surface area contributed by atoms with E-state index in [0.717, 1.165) is 83.5 Å². The molecule has 0 aliphatic heterocycles. The zero-order chi connectivity index (χ0) is 58.4. The van der Waals surface area contributed by atoms with Crippen molar-refractivity contribution in [1.29, 1.82) is 0 Å². The summed E-state index contributed by atoms with van der Waals surface area (Å²) >= 11 is 0. The van der Waals surface area contributed by atoms with Crippen LogP contribution < -0.4 is 4.89 Å². The first-order valence-corrected chi connectivity index (χ1v) is 34.8. The molecule has 0 heterocycles. The summed E-state index contributed by atoms with van der Waals surface area (Å²) in [6.07, 6.45) is 82.2. The van der Waals surface area contributed by atoms with Crippen LogP contribution in [0.15, 0.2) is 85.1 Å². The SMILES string of the molecule is CC/C=C\C/C=C\C/C=C\C/C=C\C/C=C\CCCCCCCCCCCC(=O)OC(COC(=O)CCCCCCCCCCCCCCCCCCCCC/C=C\C/C=C\CCCCCCC)COP(=O)([O-])OCC[N+](C)(C)C. The van der Waals surface area contributed by atoms with Gasteiger partial charge in [-0.2, -0.15) is 0 Å². The fraction of sp³-hybridized carbons (Fsp3) is 0.771. The summed E-state index contributed by atoms with van der Waals surface area (Å²) < 4.78 is 34.3. The lowest BCUT2D eigenvalue weighted by Crippen LogP contribution is -2.37. The molecule has 2 atom stereocenters. The van der Waals surface area contributed by atoms with E-state index in [1.54, 1.807) is 0 Å². The molecule has 0 saturated carbocycles. The zero-order valence-corrected chi connectivity index (χ0v) is 53.7. The topological polar surface area (TPSA) is 111 Å². The number of carbonyl (C=O) groups excluding carboxylic acids is 2. The van der Waals surface area contributed by atoms with Gasteiger partial charge in [0.15, 0.2) is 6.10 Å². The number of hydrogen-bond acceptors (Lipinski definition) is 8. The Labute approximate surface area is 494 Å². The maximum atomic E-state index is 12.8. The second kappa shape index (κ2) is 60.8. The van der Waals surface area contributed by atoms with Crippen molar-refractivity contribution < 1.29 is 42.1 Å². The molecular weight excluding hydrogens is 1010 g/mol. The van der Waals surface area contributed by atoms with Gasteiger partial charge in [0.25, 0.3) is 7.82 Å². The van der Waals surface area contributed by atoms with Gasteiger partial charge in [0.2, 0.25) is 0 Å². The molecule has 0 amide bonds. The third-order valence-corrected chi connectivity index (χ3v) is 15.4. The summed E-state index contributed by atoms with van der Waals surface area (Å²) in [5.74, 6) is -0.833. The number of rotatable bonds is 61. The molecule has 0 saturated heterocycles. The maximum Gasteiger partial charge on any atom is 0.306 e. The molecule has 0 bridgehead atoms. The third kappa shape index (κ3) is 64.4. The summed E-state index contributed by atoms with van der Waals surface area (Å²) in [5.41, 5.74) is 0. The molecule has 9 nitrogen and oxygen atoms in total. The molecule has 0 aromatic rings. The van der Waals surface area contributed by atoms with Gasteiger partial charge in [-0.05, 0) is 89.9 Å². The van der Waals surface area contributed by atoms with Crippen LogP contribution in [0.2, 0.25) is 0 Å². The van der Waals surface area contributed by atoms with Crippen LogP contribution in [0.4, 0.5) is 0 Å². The molecule has 0 aromatic carbocycles. The van der Waals surface area contributed by atoms with Crippen molar-refractivity contribution in [1.82, 2.24) is 0 Å². The first-order valence-electron chi connectivity index (χ1n) is 33.3. The summed E-state index contributed by atoms with van der Waals surface area (Å²) in [4.78, 5) is 38.0. The number of esters is 2. The number of phosphoric acid groups is 1. The van der Waals surface area contributed by atoms with Gasteiger partial charge in [0.05, 0.1) is 27.7 Å². The van der Waals surface area contributed by atoms with E-state index in [1.807, 2.05) is 21.1 Å². The molecular formula is C70H126NO8P. The van der Waals surface area contributed by atoms with E-state index in [-0.39, 0.29) is 32.0 Å². The number of allylic oxidation sites excluding steroid dienone is 14. The van der Waals surface area contributed by atoms with E-state index in [4.69, 9.17) is 18.5 Å². The molecule has 0 aliphatic rings. The highest BCUT2D eigenvalue weighted by molar-refractivity contribution is 7.45. The number of quaternary nitrogens is 1. The summed E-state index contributed by atoms with van der Waals surface area (Å²) in [6.45, 7) is 4.14. The van der Waals surface area contributed by atoms with Crippen molar-refractivity contribution in [2.24, 2.45) is 0 Å². The lowest BCUT2D eigenvalue weighted by atomic mass is 10.0. The monoisotopic (exact) mass is 1140 g/mol. The molecule has 0 aliphatic carbocycles. The predicted molar refractivity (Wildman–Crippen MR) is 342 cm³/mol. The van der Waals surface area contributed by atoms with E-state index < -0.39 is 26.5 Å². The largest absolute Gasteiger partial charge is 0.756 e. The van der Waals surface area contributed by atoms with E-state index in [2.05, 4.69) is 98.9 Å². The minimum absolute atomic E-state index is 0.0344. The highest BCUT2D eigenvalue weighted by Gasteiger charge is 2.22. The van der Waals surface area contributed by atoms with Crippen LogP contribution in [0.1, 0.15) is 296 Å². The minimum Gasteiger partial charge on any atom is -0.756 e. The molecule has 0 radical (unpaired) electrons. The van der Waals surface area contributed by atoms with Gasteiger partial charge in [-0.25, -0.2) is 0 Å². The lowest BCUT2D eigenvalue weighted by molar-refractivity contribution is -0.870. The Morgan fingerprint density at radius 2 is 0.713 bits per heavy atom. The van der Waals surface area contributed by atoms with E-state index >= 15 is 0 Å². The van der Waals surface area contributed by atoms with Crippen LogP contribution in [-0.2, 0) is 32.7 Å². The van der Waals surface area contributed by atoms with Gasteiger partial charge in [-0.15, -0.1) is 0 Å². The molecule has 2 unspecified atom stereocenters. The number of hydrogen-bond donors (Lipinski definition) is 0. The second-order valence-corrected chi connectivity index (χ2v) is 24.9. The van der Waals surface area contributed by atoms with Crippen LogP contribution in [0, 0.1) is 0 Å². The molecule has 464 valence electrons. The van der Waals surface area contributed by atoms with Gasteiger partial charge in [-0.1, -0.05) is 279 Å². The minimum atomic E-state index is -4.65. The van der Waals surface area contributed by atoms with Crippen LogP contribution >= 0.6 is 7.82 Å². The maximum absolute atomic E-state index is 12.8. The molecule has 0 fully saturated rings. The summed E-state index contributed by atoms with van der Waals surface area (Å²) in [7, 11) is 1.16. The Morgan fingerprint density at radius 1 is 0.400 bits per heavy atom. The lowest BCUT2D eigenvalue weighted by Gasteiger charge is -2.28. The average Bonchev–Trinajstić information content (AvgIpc) is 3.42. The number of ether oxygens (including phenoxy) is 2. The van der Waals surface area contributed by atoms with Crippen LogP contribution in [0.5, 0.6) is 0 Å². The standard InChI is InChI=1S/C70H126NO8P/c1-6-8-10-12-14-16-18-20-22-24-26-28-30-32-33-34-35-36-37-39-40-42-44-46-48-50-52-54-56-58-60-62-69(72)76-66-68(67-78-80(74,75)77-65-64-71(3,4)5)79-70(73)63-61-59-57-55-53-51-49-47-45-43-41-38-31-29-27-25-23-21-19-17-15-13-11-9-7-2/h9,11,15,17-18,20-21,23-24,26-27,29,38,41,68H,6-8,10,12-14,16,19,22,25,28,30-37,39-40,42-67H2,1-5H3/b11-9-,17-15-,20-18-,23-21-,26-24-,29-27-,41-38-. The Hall–Kier alpha value is -2.81. The Balaban J connectivity index is 4.07. The van der Waals surface area contributed by atoms with Gasteiger partial charge >= 0.3 is 11.9 Å². The normalized spacial score (nSPS) is 13.7. The van der Waals surface area contributed by atoms with Crippen molar-refractivity contribution in [3.8, 4) is 0 Å². The first kappa shape index (κ1) is 77.2. The Morgan fingerprint density at radius 3 is 1.06 bits per heavy atom. The van der Waals surface area contributed by atoms with Crippen molar-refractivity contribution in [2.45, 2.75) is 302 Å². The molecule has 0 rings (SSSR count). The van der Waals surface area contributed by atoms with Gasteiger partial charge in [0.1, 0.15) is 19.8 Å². The Bertz CT molecular complexity index is 1630. The molecule has 80 heavy (non-hydrogen) atoms. The molecule has 10 heteroatoms. The average molecular weight is 1140 g/mol. The van der Waals surface area contributed by atoms with Crippen LogP contribution in [-0.4, -0.2) is 70.0 Å². The number of likely N-dealkylation sites (N-methyl/N-ethyl adjacent to an activating group) is 1. The number of carbonyl (C=O) groups is 2. The van der Waals surface area contributed by atoms with Gasteiger partial charge < -0.3 is 27.9 Å². The van der Waals surface area contributed by atoms with E-state index in [1.165, 1.54) is 180 Å². The number of nitrogens with zero attached hydrogens (tertiary/aromatic N) is 1. The molecule has 0 aromatic heterocycles. The quantitative estimate of drug-likeness (QED) is 0.0195. The smallest absolute Gasteiger partial charge is 0.306 e. The molecule has 0 spiro atoms. The van der Waals surface area contributed by atoms with Crippen molar-refractivity contribution >= 4 is 19.8 Å². The van der Waals surface area contributed by atoms with Crippen molar-refractivity contribution in [2.75, 3.05) is 47.5 Å². The number of phosphoric ester groups is 1. The highest BCUT2D eigenvalue weighted by Crippen LogP contribution is 2.38. The van der Waals surface area contributed by atoms with Crippen molar-refractivity contribution in [3.05, 3.63) is 85.1 Å². The van der Waals surface area contributed by atoms with E-state index in [9.17, 15) is 19.0 Å². The van der Waals surface area contributed by atoms with Gasteiger partial charge in [-0.3, -0.25) is 14.2 Å². The summed E-state index contributed by atoms with van der Waals surface area (Å²) in [5, 5.41) is 0. The molecule has 0 N–H and O–H groups in total. The fourth-order valence-electron chi connectivity index (χ4n) is 9.30. The predicted octanol–water partition coefficient (Wildman–Crippen LogP) is 20.7. The Kier molecular flexibility index (Phi) is 58.6. The zero-order valence-electron chi connectivity index (χ0n) is 52.8. The number of unbranched alkanes of at least 4 members (excludes halogenated alkanes) is 33. The first-order chi connectivity index (χ1) is 39.0. The van der Waals surface area contributed by atoms with E-state index in [0.29, 0.717) is 17.4 Å². The second-order valence-electron chi connectivity index (χ2n) is 23.5.